The minimum atomic E-state index is -0.452. The second-order valence-electron chi connectivity index (χ2n) is 4.69. The highest BCUT2D eigenvalue weighted by Gasteiger charge is 2.14. The number of carbonyl (C=O) groups excluding carboxylic acids is 2. The molecule has 0 bridgehead atoms. The number of imide groups is 1. The van der Waals surface area contributed by atoms with Crippen LogP contribution in [0.5, 0.6) is 0 Å². The number of rotatable bonds is 4. The van der Waals surface area contributed by atoms with Crippen LogP contribution in [0.4, 0.5) is 4.79 Å². The van der Waals surface area contributed by atoms with Crippen molar-refractivity contribution in [1.82, 2.24) is 10.6 Å². The summed E-state index contributed by atoms with van der Waals surface area (Å²) >= 11 is 0. The van der Waals surface area contributed by atoms with Gasteiger partial charge in [0.05, 0.1) is 26.3 Å². The molecule has 1 aromatic rings. The number of hydrogen-bond acceptors (Lipinski definition) is 3. The predicted molar refractivity (Wildman–Crippen MR) is 73.7 cm³/mol. The molecule has 20 heavy (non-hydrogen) atoms. The van der Waals surface area contributed by atoms with Crippen molar-refractivity contribution in [2.45, 2.75) is 0 Å². The molecule has 0 radical (unpaired) electrons. The maximum atomic E-state index is 11.7. The molecule has 0 aliphatic carbocycles. The second kappa shape index (κ2) is 7.62. The van der Waals surface area contributed by atoms with Gasteiger partial charge in [0.15, 0.2) is 0 Å². The van der Waals surface area contributed by atoms with Gasteiger partial charge in [-0.05, 0) is 12.1 Å². The van der Waals surface area contributed by atoms with Crippen molar-refractivity contribution in [3.63, 3.8) is 0 Å². The summed E-state index contributed by atoms with van der Waals surface area (Å²) in [7, 11) is 0. The molecule has 3 N–H and O–H groups in total. The molecule has 3 amide bonds. The number of ether oxygens (including phenoxy) is 1. The van der Waals surface area contributed by atoms with Crippen LogP contribution >= 0.6 is 0 Å². The molecular weight excluding hydrogens is 258 g/mol. The third-order valence-corrected chi connectivity index (χ3v) is 3.23. The average molecular weight is 278 g/mol. The lowest BCUT2D eigenvalue weighted by atomic mass is 10.2. The van der Waals surface area contributed by atoms with Crippen LogP contribution in [-0.2, 0) is 4.74 Å². The summed E-state index contributed by atoms with van der Waals surface area (Å²) in [6, 6.07) is 8.22. The van der Waals surface area contributed by atoms with Crippen molar-refractivity contribution in [2.75, 3.05) is 39.4 Å². The zero-order valence-corrected chi connectivity index (χ0v) is 11.4. The highest BCUT2D eigenvalue weighted by atomic mass is 16.5. The van der Waals surface area contributed by atoms with Crippen molar-refractivity contribution >= 4 is 11.9 Å². The largest absolute Gasteiger partial charge is 0.370 e. The fourth-order valence-corrected chi connectivity index (χ4v) is 2.07. The van der Waals surface area contributed by atoms with Crippen molar-refractivity contribution in [3.05, 3.63) is 35.9 Å². The Kier molecular flexibility index (Phi) is 5.52. The van der Waals surface area contributed by atoms with Crippen LogP contribution in [0.15, 0.2) is 30.3 Å². The van der Waals surface area contributed by atoms with Crippen LogP contribution in [0.2, 0.25) is 0 Å². The SMILES string of the molecule is O=C(NCC[NH+]1CCOCC1)NC(=O)c1ccccc1. The van der Waals surface area contributed by atoms with Gasteiger partial charge in [-0.1, -0.05) is 18.2 Å². The summed E-state index contributed by atoms with van der Waals surface area (Å²) in [5.74, 6) is -0.387. The van der Waals surface area contributed by atoms with Gasteiger partial charge in [0, 0.05) is 5.56 Å². The molecule has 6 heteroatoms. The Balaban J connectivity index is 1.66. The van der Waals surface area contributed by atoms with Crippen molar-refractivity contribution in [3.8, 4) is 0 Å². The monoisotopic (exact) mass is 278 g/mol. The van der Waals surface area contributed by atoms with Crippen LogP contribution in [0, 0.1) is 0 Å². The smallest absolute Gasteiger partial charge is 0.321 e. The highest BCUT2D eigenvalue weighted by Crippen LogP contribution is 1.97. The lowest BCUT2D eigenvalue weighted by Crippen LogP contribution is -3.14. The molecule has 0 aromatic heterocycles. The van der Waals surface area contributed by atoms with Gasteiger partial charge in [-0.2, -0.15) is 0 Å². The number of morpholine rings is 1. The van der Waals surface area contributed by atoms with Gasteiger partial charge in [0.1, 0.15) is 13.1 Å². The Morgan fingerprint density at radius 3 is 2.55 bits per heavy atom. The van der Waals surface area contributed by atoms with Gasteiger partial charge in [0.2, 0.25) is 0 Å². The number of quaternary nitrogens is 1. The van der Waals surface area contributed by atoms with Crippen LogP contribution < -0.4 is 15.5 Å². The summed E-state index contributed by atoms with van der Waals surface area (Å²) in [6.45, 7) is 4.86. The molecule has 0 atom stereocenters. The fourth-order valence-electron chi connectivity index (χ4n) is 2.07. The minimum absolute atomic E-state index is 0.387. The zero-order chi connectivity index (χ0) is 14.2. The third-order valence-electron chi connectivity index (χ3n) is 3.23. The van der Waals surface area contributed by atoms with E-state index in [-0.39, 0.29) is 5.91 Å². The number of amides is 3. The Morgan fingerprint density at radius 1 is 1.15 bits per heavy atom. The lowest BCUT2D eigenvalue weighted by molar-refractivity contribution is -0.906. The lowest BCUT2D eigenvalue weighted by Gasteiger charge is -2.23. The Labute approximate surface area is 118 Å². The van der Waals surface area contributed by atoms with E-state index >= 15 is 0 Å². The van der Waals surface area contributed by atoms with Crippen LogP contribution in [0.3, 0.4) is 0 Å². The fraction of sp³-hybridized carbons (Fsp3) is 0.429. The van der Waals surface area contributed by atoms with E-state index < -0.39 is 6.03 Å². The Hall–Kier alpha value is -1.92. The molecule has 0 spiro atoms. The first-order valence-corrected chi connectivity index (χ1v) is 6.81. The normalized spacial score (nSPS) is 15.6. The molecular formula is C14H20N3O3+. The topological polar surface area (TPSA) is 71.9 Å². The van der Waals surface area contributed by atoms with E-state index in [0.717, 1.165) is 32.8 Å². The summed E-state index contributed by atoms with van der Waals surface area (Å²) in [6.07, 6.45) is 0. The van der Waals surface area contributed by atoms with E-state index in [9.17, 15) is 9.59 Å². The molecule has 1 aliphatic rings. The molecule has 108 valence electrons. The first-order chi connectivity index (χ1) is 9.75. The van der Waals surface area contributed by atoms with Gasteiger partial charge in [-0.15, -0.1) is 0 Å². The molecule has 1 aromatic carbocycles. The number of carbonyl (C=O) groups is 2. The number of hydrogen-bond donors (Lipinski definition) is 3. The number of urea groups is 1. The number of nitrogens with one attached hydrogen (secondary N) is 3. The molecule has 1 heterocycles. The Bertz CT molecular complexity index is 444. The molecule has 0 unspecified atom stereocenters. The maximum Gasteiger partial charge on any atom is 0.321 e. The molecule has 6 nitrogen and oxygen atoms in total. The van der Waals surface area contributed by atoms with Crippen LogP contribution in [0.25, 0.3) is 0 Å². The summed E-state index contributed by atoms with van der Waals surface area (Å²) < 4.78 is 5.26. The first kappa shape index (κ1) is 14.5. The van der Waals surface area contributed by atoms with E-state index in [0.29, 0.717) is 12.1 Å². The molecule has 1 aliphatic heterocycles. The standard InChI is InChI=1S/C14H19N3O3/c18-13(12-4-2-1-3-5-12)16-14(19)15-6-7-17-8-10-20-11-9-17/h1-5H,6-11H2,(H2,15,16,18,19)/p+1. The van der Waals surface area contributed by atoms with Crippen LogP contribution in [0.1, 0.15) is 10.4 Å². The van der Waals surface area contributed by atoms with Gasteiger partial charge in [-0.3, -0.25) is 10.1 Å². The number of benzene rings is 1. The maximum absolute atomic E-state index is 11.7. The van der Waals surface area contributed by atoms with Crippen molar-refractivity contribution < 1.29 is 19.2 Å². The molecule has 1 saturated heterocycles. The molecule has 2 rings (SSSR count). The second-order valence-corrected chi connectivity index (χ2v) is 4.69. The minimum Gasteiger partial charge on any atom is -0.370 e. The third kappa shape index (κ3) is 4.64. The molecule has 0 saturated carbocycles. The van der Waals surface area contributed by atoms with Crippen molar-refractivity contribution in [2.24, 2.45) is 0 Å². The van der Waals surface area contributed by atoms with Gasteiger partial charge in [0.25, 0.3) is 5.91 Å². The van der Waals surface area contributed by atoms with E-state index in [1.54, 1.807) is 24.3 Å². The summed E-state index contributed by atoms with van der Waals surface area (Å²) in [5.41, 5.74) is 0.474. The first-order valence-electron chi connectivity index (χ1n) is 6.81. The van der Waals surface area contributed by atoms with Crippen LogP contribution in [-0.4, -0.2) is 51.3 Å². The van der Waals surface area contributed by atoms with E-state index in [1.165, 1.54) is 4.90 Å². The quantitative estimate of drug-likeness (QED) is 0.664. The highest BCUT2D eigenvalue weighted by molar-refractivity contribution is 6.04. The predicted octanol–water partition coefficient (Wildman–Crippen LogP) is -0.959. The average Bonchev–Trinajstić information content (AvgIpc) is 2.49. The van der Waals surface area contributed by atoms with E-state index in [1.807, 2.05) is 6.07 Å². The van der Waals surface area contributed by atoms with Gasteiger partial charge >= 0.3 is 6.03 Å². The van der Waals surface area contributed by atoms with Gasteiger partial charge in [-0.25, -0.2) is 4.79 Å². The summed E-state index contributed by atoms with van der Waals surface area (Å²) in [4.78, 5) is 24.7. The van der Waals surface area contributed by atoms with E-state index in [2.05, 4.69) is 10.6 Å². The van der Waals surface area contributed by atoms with E-state index in [4.69, 9.17) is 4.74 Å². The molecule has 1 fully saturated rings. The Morgan fingerprint density at radius 2 is 1.85 bits per heavy atom. The van der Waals surface area contributed by atoms with Crippen molar-refractivity contribution in [1.29, 1.82) is 0 Å². The summed E-state index contributed by atoms with van der Waals surface area (Å²) in [5, 5.41) is 5.01. The van der Waals surface area contributed by atoms with Gasteiger partial charge < -0.3 is 15.0 Å². The zero-order valence-electron chi connectivity index (χ0n) is 11.4.